The number of anilines is 1. The Hall–Kier alpha value is -1.46. The predicted molar refractivity (Wildman–Crippen MR) is 83.7 cm³/mol. The number of nitrogens with zero attached hydrogens (tertiary/aromatic N) is 2. The summed E-state index contributed by atoms with van der Waals surface area (Å²) in [6, 6.07) is 6.19. The van der Waals surface area contributed by atoms with Crippen LogP contribution in [0.5, 0.6) is 0 Å². The van der Waals surface area contributed by atoms with Gasteiger partial charge in [-0.3, -0.25) is 9.82 Å². The lowest BCUT2D eigenvalue weighted by Crippen LogP contribution is -2.07. The van der Waals surface area contributed by atoms with E-state index >= 15 is 0 Å². The van der Waals surface area contributed by atoms with Crippen LogP contribution in [0, 0.1) is 6.92 Å². The fourth-order valence-corrected chi connectivity index (χ4v) is 2.47. The van der Waals surface area contributed by atoms with Crippen LogP contribution >= 0.6 is 15.9 Å². The van der Waals surface area contributed by atoms with Gasteiger partial charge in [-0.15, -0.1) is 0 Å². The van der Waals surface area contributed by atoms with Crippen LogP contribution in [0.1, 0.15) is 29.7 Å². The molecule has 0 aliphatic rings. The van der Waals surface area contributed by atoms with Gasteiger partial charge in [0.1, 0.15) is 0 Å². The van der Waals surface area contributed by atoms with Crippen molar-refractivity contribution in [2.45, 2.75) is 26.2 Å². The maximum absolute atomic E-state index is 4.97. The number of aromatic nitrogens is 2. The van der Waals surface area contributed by atoms with Gasteiger partial charge in [-0.2, -0.15) is 0 Å². The molecule has 2 rings (SSSR count). The lowest BCUT2D eigenvalue weighted by atomic mass is 9.97. The largest absolute Gasteiger partial charge is 0.278 e. The third-order valence-electron chi connectivity index (χ3n) is 3.10. The minimum atomic E-state index is 0.309. The lowest BCUT2D eigenvalue weighted by Gasteiger charge is -2.15. The molecule has 1 N–H and O–H groups in total. The first-order valence-electron chi connectivity index (χ1n) is 6.46. The van der Waals surface area contributed by atoms with Crippen LogP contribution < -0.4 is 5.48 Å². The summed E-state index contributed by atoms with van der Waals surface area (Å²) in [4.78, 5) is 13.8. The first-order chi connectivity index (χ1) is 9.60. The van der Waals surface area contributed by atoms with Gasteiger partial charge < -0.3 is 0 Å². The Balaban J connectivity index is 2.22. The van der Waals surface area contributed by atoms with Crippen molar-refractivity contribution >= 4 is 21.7 Å². The highest BCUT2D eigenvalue weighted by molar-refractivity contribution is 9.10. The highest BCUT2D eigenvalue weighted by Crippen LogP contribution is 2.25. The second kappa shape index (κ2) is 6.81. The molecule has 0 aliphatic carbocycles. The minimum Gasteiger partial charge on any atom is -0.278 e. The van der Waals surface area contributed by atoms with Crippen molar-refractivity contribution in [2.24, 2.45) is 0 Å². The van der Waals surface area contributed by atoms with Crippen LogP contribution in [-0.4, -0.2) is 17.1 Å². The third kappa shape index (κ3) is 3.77. The van der Waals surface area contributed by atoms with Crippen molar-refractivity contribution in [2.75, 3.05) is 12.6 Å². The van der Waals surface area contributed by atoms with E-state index in [0.717, 1.165) is 28.0 Å². The molecular formula is C15H18BrN3O. The van der Waals surface area contributed by atoms with Gasteiger partial charge in [-0.05, 0) is 58.6 Å². The number of aryl methyl sites for hydroxylation is 1. The van der Waals surface area contributed by atoms with Crippen LogP contribution in [0.4, 0.5) is 5.82 Å². The van der Waals surface area contributed by atoms with Gasteiger partial charge in [-0.25, -0.2) is 10.5 Å². The molecule has 20 heavy (non-hydrogen) atoms. The molecule has 2 aromatic rings. The van der Waals surface area contributed by atoms with Gasteiger partial charge in [0, 0.05) is 28.5 Å². The number of halogens is 1. The molecule has 1 unspecified atom stereocenters. The summed E-state index contributed by atoms with van der Waals surface area (Å²) in [5, 5.41) is 0. The SMILES string of the molecule is CONc1ncc(Br)cc1CC(C)c1cc(C)ccn1. The smallest absolute Gasteiger partial charge is 0.152 e. The van der Waals surface area contributed by atoms with Crippen molar-refractivity contribution in [3.63, 3.8) is 0 Å². The van der Waals surface area contributed by atoms with Crippen LogP contribution in [0.3, 0.4) is 0 Å². The summed E-state index contributed by atoms with van der Waals surface area (Å²) < 4.78 is 0.957. The maximum Gasteiger partial charge on any atom is 0.152 e. The van der Waals surface area contributed by atoms with Gasteiger partial charge in [-0.1, -0.05) is 6.92 Å². The fraction of sp³-hybridized carbons (Fsp3) is 0.333. The van der Waals surface area contributed by atoms with E-state index in [1.54, 1.807) is 13.3 Å². The van der Waals surface area contributed by atoms with E-state index in [2.05, 4.69) is 57.4 Å². The Kier molecular flexibility index (Phi) is 5.09. The van der Waals surface area contributed by atoms with Gasteiger partial charge in [0.2, 0.25) is 0 Å². The van der Waals surface area contributed by atoms with Crippen molar-refractivity contribution < 1.29 is 4.84 Å². The molecule has 0 radical (unpaired) electrons. The Morgan fingerprint density at radius 3 is 2.85 bits per heavy atom. The molecule has 0 bridgehead atoms. The first kappa shape index (κ1) is 14.9. The van der Waals surface area contributed by atoms with E-state index in [9.17, 15) is 0 Å². The highest BCUT2D eigenvalue weighted by atomic mass is 79.9. The molecule has 0 saturated heterocycles. The van der Waals surface area contributed by atoms with E-state index in [0.29, 0.717) is 5.92 Å². The summed E-state index contributed by atoms with van der Waals surface area (Å²) in [5.74, 6) is 1.05. The average molecular weight is 336 g/mol. The van der Waals surface area contributed by atoms with Crippen LogP contribution in [-0.2, 0) is 11.3 Å². The molecule has 2 aromatic heterocycles. The van der Waals surface area contributed by atoms with Crippen molar-refractivity contribution in [1.29, 1.82) is 0 Å². The normalized spacial score (nSPS) is 12.2. The van der Waals surface area contributed by atoms with Crippen LogP contribution in [0.2, 0.25) is 0 Å². The maximum atomic E-state index is 4.97. The molecular weight excluding hydrogens is 318 g/mol. The average Bonchev–Trinajstić information content (AvgIpc) is 2.42. The van der Waals surface area contributed by atoms with Gasteiger partial charge in [0.05, 0.1) is 7.11 Å². The molecule has 2 heterocycles. The standard InChI is InChI=1S/C15H18BrN3O/c1-10-4-5-17-14(6-10)11(2)7-12-8-13(16)9-18-15(12)19-20-3/h4-6,8-9,11H,7H2,1-3H3,(H,18,19). The second-order valence-corrected chi connectivity index (χ2v) is 5.75. The lowest BCUT2D eigenvalue weighted by molar-refractivity contribution is 0.268. The molecule has 106 valence electrons. The van der Waals surface area contributed by atoms with Gasteiger partial charge in [0.25, 0.3) is 0 Å². The second-order valence-electron chi connectivity index (χ2n) is 4.83. The van der Waals surface area contributed by atoms with E-state index in [1.807, 2.05) is 12.3 Å². The van der Waals surface area contributed by atoms with Crippen LogP contribution in [0.25, 0.3) is 0 Å². The number of pyridine rings is 2. The number of nitrogens with one attached hydrogen (secondary N) is 1. The zero-order chi connectivity index (χ0) is 14.5. The summed E-state index contributed by atoms with van der Waals surface area (Å²) in [7, 11) is 1.58. The summed E-state index contributed by atoms with van der Waals surface area (Å²) >= 11 is 3.46. The molecule has 1 atom stereocenters. The predicted octanol–water partition coefficient (Wildman–Crippen LogP) is 3.87. The van der Waals surface area contributed by atoms with Gasteiger partial charge >= 0.3 is 0 Å². The third-order valence-corrected chi connectivity index (χ3v) is 3.53. The number of hydrogen-bond donors (Lipinski definition) is 1. The molecule has 0 aromatic carbocycles. The number of hydrogen-bond acceptors (Lipinski definition) is 4. The van der Waals surface area contributed by atoms with Crippen LogP contribution in [0.15, 0.2) is 35.1 Å². The summed E-state index contributed by atoms with van der Waals surface area (Å²) in [6.45, 7) is 4.25. The summed E-state index contributed by atoms with van der Waals surface area (Å²) in [6.07, 6.45) is 4.45. The summed E-state index contributed by atoms with van der Waals surface area (Å²) in [5.41, 5.74) is 6.23. The van der Waals surface area contributed by atoms with Gasteiger partial charge in [0.15, 0.2) is 5.82 Å². The van der Waals surface area contributed by atoms with E-state index in [-0.39, 0.29) is 0 Å². The monoisotopic (exact) mass is 335 g/mol. The molecule has 0 aliphatic heterocycles. The molecule has 0 saturated carbocycles. The Labute approximate surface area is 127 Å². The quantitative estimate of drug-likeness (QED) is 0.842. The van der Waals surface area contributed by atoms with E-state index < -0.39 is 0 Å². The zero-order valence-corrected chi connectivity index (χ0v) is 13.4. The Morgan fingerprint density at radius 2 is 2.15 bits per heavy atom. The highest BCUT2D eigenvalue weighted by Gasteiger charge is 2.12. The molecule has 4 nitrogen and oxygen atoms in total. The van der Waals surface area contributed by atoms with E-state index in [1.165, 1.54) is 5.56 Å². The zero-order valence-electron chi connectivity index (χ0n) is 11.9. The van der Waals surface area contributed by atoms with Crippen molar-refractivity contribution in [3.8, 4) is 0 Å². The van der Waals surface area contributed by atoms with E-state index in [4.69, 9.17) is 4.84 Å². The van der Waals surface area contributed by atoms with Crippen molar-refractivity contribution in [3.05, 3.63) is 51.9 Å². The van der Waals surface area contributed by atoms with Crippen molar-refractivity contribution in [1.82, 2.24) is 9.97 Å². The molecule has 0 spiro atoms. The Morgan fingerprint density at radius 1 is 1.35 bits per heavy atom. The minimum absolute atomic E-state index is 0.309. The fourth-order valence-electron chi connectivity index (χ4n) is 2.09. The molecule has 5 heteroatoms. The Bertz CT molecular complexity index is 589. The molecule has 0 amide bonds. The molecule has 0 fully saturated rings. The topological polar surface area (TPSA) is 47.0 Å². The first-order valence-corrected chi connectivity index (χ1v) is 7.25. The number of rotatable bonds is 5.